The highest BCUT2D eigenvalue weighted by atomic mass is 16.7. The van der Waals surface area contributed by atoms with Gasteiger partial charge in [-0.3, -0.25) is 4.98 Å². The molecule has 5 heteroatoms. The minimum Gasteiger partial charge on any atom is -0.497 e. The molecule has 0 radical (unpaired) electrons. The zero-order valence-corrected chi connectivity index (χ0v) is 10.4. The van der Waals surface area contributed by atoms with E-state index >= 15 is 0 Å². The van der Waals surface area contributed by atoms with Gasteiger partial charge in [0.1, 0.15) is 11.5 Å². The van der Waals surface area contributed by atoms with Crippen molar-refractivity contribution < 1.29 is 19.0 Å². The van der Waals surface area contributed by atoms with Crippen LogP contribution in [0.4, 0.5) is 0 Å². The fourth-order valence-corrected chi connectivity index (χ4v) is 1.39. The van der Waals surface area contributed by atoms with E-state index in [-0.39, 0.29) is 6.79 Å². The smallest absolute Gasteiger partial charge is 0.342 e. The van der Waals surface area contributed by atoms with E-state index in [4.69, 9.17) is 14.2 Å². The summed E-state index contributed by atoms with van der Waals surface area (Å²) in [6.07, 6.45) is 3.03. The molecule has 1 aromatic heterocycles. The Hall–Kier alpha value is -2.56. The normalized spacial score (nSPS) is 9.74. The molecule has 0 unspecified atom stereocenters. The van der Waals surface area contributed by atoms with Gasteiger partial charge < -0.3 is 14.2 Å². The molecule has 0 fully saturated rings. The van der Waals surface area contributed by atoms with Crippen molar-refractivity contribution in [3.63, 3.8) is 0 Å². The van der Waals surface area contributed by atoms with Crippen molar-refractivity contribution in [1.29, 1.82) is 0 Å². The zero-order chi connectivity index (χ0) is 13.5. The van der Waals surface area contributed by atoms with Crippen LogP contribution in [0.2, 0.25) is 0 Å². The highest BCUT2D eigenvalue weighted by Crippen LogP contribution is 2.16. The van der Waals surface area contributed by atoms with Crippen molar-refractivity contribution in [1.82, 2.24) is 4.98 Å². The molecule has 0 aliphatic carbocycles. The van der Waals surface area contributed by atoms with Crippen molar-refractivity contribution in [2.75, 3.05) is 13.9 Å². The quantitative estimate of drug-likeness (QED) is 0.609. The number of pyridine rings is 1. The van der Waals surface area contributed by atoms with Gasteiger partial charge in [0.25, 0.3) is 0 Å². The highest BCUT2D eigenvalue weighted by Gasteiger charge is 2.06. The van der Waals surface area contributed by atoms with Gasteiger partial charge in [-0.05, 0) is 36.4 Å². The Balaban J connectivity index is 1.81. The highest BCUT2D eigenvalue weighted by molar-refractivity contribution is 5.88. The lowest BCUT2D eigenvalue weighted by Crippen LogP contribution is -2.10. The van der Waals surface area contributed by atoms with Crippen molar-refractivity contribution in [3.05, 3.63) is 54.4 Å². The molecule has 0 saturated carbocycles. The van der Waals surface area contributed by atoms with Crippen LogP contribution in [0.1, 0.15) is 10.4 Å². The van der Waals surface area contributed by atoms with E-state index in [1.54, 1.807) is 49.7 Å². The maximum Gasteiger partial charge on any atom is 0.342 e. The standard InChI is InChI=1S/C14H13NO4/c1-17-12-4-6-13(7-5-12)18-10-19-14(16)11-3-2-8-15-9-11/h2-9H,10H2,1H3. The number of carbonyl (C=O) groups excluding carboxylic acids is 1. The average molecular weight is 259 g/mol. The van der Waals surface area contributed by atoms with Crippen molar-refractivity contribution in [3.8, 4) is 11.5 Å². The fourth-order valence-electron chi connectivity index (χ4n) is 1.39. The number of hydrogen-bond donors (Lipinski definition) is 0. The van der Waals surface area contributed by atoms with Crippen LogP contribution in [0.15, 0.2) is 48.8 Å². The van der Waals surface area contributed by atoms with Gasteiger partial charge in [0.05, 0.1) is 12.7 Å². The molecule has 1 aromatic carbocycles. The van der Waals surface area contributed by atoms with E-state index in [1.807, 2.05) is 0 Å². The third kappa shape index (κ3) is 3.70. The number of aromatic nitrogens is 1. The molecule has 5 nitrogen and oxygen atoms in total. The molecule has 2 aromatic rings. The van der Waals surface area contributed by atoms with E-state index in [2.05, 4.69) is 4.98 Å². The molecule has 0 aliphatic heterocycles. The molecule has 0 amide bonds. The summed E-state index contributed by atoms with van der Waals surface area (Å²) in [5.74, 6) is 0.862. The van der Waals surface area contributed by atoms with Gasteiger partial charge in [-0.15, -0.1) is 0 Å². The number of ether oxygens (including phenoxy) is 3. The van der Waals surface area contributed by atoms with Gasteiger partial charge in [0.2, 0.25) is 6.79 Å². The van der Waals surface area contributed by atoms with E-state index in [1.165, 1.54) is 6.20 Å². The average Bonchev–Trinajstić information content (AvgIpc) is 2.49. The molecule has 1 heterocycles. The first-order valence-electron chi connectivity index (χ1n) is 5.63. The van der Waals surface area contributed by atoms with Crippen LogP contribution in [0.3, 0.4) is 0 Å². The van der Waals surface area contributed by atoms with Gasteiger partial charge in [-0.1, -0.05) is 0 Å². The number of benzene rings is 1. The molecule has 2 rings (SSSR count). The first-order chi connectivity index (χ1) is 9.29. The first-order valence-corrected chi connectivity index (χ1v) is 5.63. The summed E-state index contributed by atoms with van der Waals surface area (Å²) >= 11 is 0. The summed E-state index contributed by atoms with van der Waals surface area (Å²) in [6.45, 7) is -0.153. The van der Waals surface area contributed by atoms with E-state index < -0.39 is 5.97 Å². The van der Waals surface area contributed by atoms with Crippen LogP contribution in [0.25, 0.3) is 0 Å². The second-order valence-electron chi connectivity index (χ2n) is 3.61. The van der Waals surface area contributed by atoms with E-state index in [0.717, 1.165) is 5.75 Å². The Labute approximate surface area is 110 Å². The van der Waals surface area contributed by atoms with Crippen LogP contribution in [-0.2, 0) is 4.74 Å². The molecule has 0 atom stereocenters. The second kappa shape index (κ2) is 6.39. The summed E-state index contributed by atoms with van der Waals surface area (Å²) in [4.78, 5) is 15.4. The maximum absolute atomic E-state index is 11.6. The topological polar surface area (TPSA) is 57.7 Å². The predicted molar refractivity (Wildman–Crippen MR) is 68.1 cm³/mol. The second-order valence-corrected chi connectivity index (χ2v) is 3.61. The van der Waals surface area contributed by atoms with Gasteiger partial charge in [-0.25, -0.2) is 4.79 Å². The molecule has 0 spiro atoms. The minimum atomic E-state index is -0.471. The molecule has 19 heavy (non-hydrogen) atoms. The SMILES string of the molecule is COc1ccc(OCOC(=O)c2cccnc2)cc1. The lowest BCUT2D eigenvalue weighted by Gasteiger charge is -2.07. The Morgan fingerprint density at radius 2 is 1.89 bits per heavy atom. The van der Waals surface area contributed by atoms with Gasteiger partial charge in [0, 0.05) is 12.4 Å². The number of nitrogens with zero attached hydrogens (tertiary/aromatic N) is 1. The number of carbonyl (C=O) groups is 1. The van der Waals surface area contributed by atoms with Gasteiger partial charge in [0.15, 0.2) is 0 Å². The van der Waals surface area contributed by atoms with Crippen molar-refractivity contribution in [2.45, 2.75) is 0 Å². The van der Waals surface area contributed by atoms with E-state index in [0.29, 0.717) is 11.3 Å². The molecule has 0 aliphatic rings. The molecule has 0 bridgehead atoms. The van der Waals surface area contributed by atoms with Gasteiger partial charge >= 0.3 is 5.97 Å². The van der Waals surface area contributed by atoms with Gasteiger partial charge in [-0.2, -0.15) is 0 Å². The Kier molecular flexibility index (Phi) is 4.34. The third-order valence-electron chi connectivity index (χ3n) is 2.37. The third-order valence-corrected chi connectivity index (χ3v) is 2.37. The fraction of sp³-hybridized carbons (Fsp3) is 0.143. The first kappa shape index (κ1) is 12.9. The lowest BCUT2D eigenvalue weighted by molar-refractivity contribution is 0.0153. The largest absolute Gasteiger partial charge is 0.497 e. The summed E-state index contributed by atoms with van der Waals surface area (Å²) in [6, 6.07) is 10.3. The molecule has 0 N–H and O–H groups in total. The zero-order valence-electron chi connectivity index (χ0n) is 10.4. The van der Waals surface area contributed by atoms with Crippen LogP contribution >= 0.6 is 0 Å². The molecular weight excluding hydrogens is 246 g/mol. The summed E-state index contributed by atoms with van der Waals surface area (Å²) in [5, 5.41) is 0. The summed E-state index contributed by atoms with van der Waals surface area (Å²) in [5.41, 5.74) is 0.390. The van der Waals surface area contributed by atoms with E-state index in [9.17, 15) is 4.79 Å². The Morgan fingerprint density at radius 1 is 1.16 bits per heavy atom. The minimum absolute atomic E-state index is 0.153. The lowest BCUT2D eigenvalue weighted by atomic mass is 10.3. The molecule has 0 saturated heterocycles. The number of methoxy groups -OCH3 is 1. The maximum atomic E-state index is 11.6. The monoisotopic (exact) mass is 259 g/mol. The number of hydrogen-bond acceptors (Lipinski definition) is 5. The summed E-state index contributed by atoms with van der Waals surface area (Å²) in [7, 11) is 1.59. The number of rotatable bonds is 5. The molecular formula is C14H13NO4. The Morgan fingerprint density at radius 3 is 2.53 bits per heavy atom. The summed E-state index contributed by atoms with van der Waals surface area (Å²) < 4.78 is 15.3. The van der Waals surface area contributed by atoms with Crippen LogP contribution in [0.5, 0.6) is 11.5 Å². The van der Waals surface area contributed by atoms with Crippen LogP contribution in [-0.4, -0.2) is 24.9 Å². The molecule has 98 valence electrons. The van der Waals surface area contributed by atoms with Crippen molar-refractivity contribution >= 4 is 5.97 Å². The predicted octanol–water partition coefficient (Wildman–Crippen LogP) is 2.28. The number of esters is 1. The van der Waals surface area contributed by atoms with Crippen molar-refractivity contribution in [2.24, 2.45) is 0 Å². The van der Waals surface area contributed by atoms with Crippen LogP contribution < -0.4 is 9.47 Å². The van der Waals surface area contributed by atoms with Crippen LogP contribution in [0, 0.1) is 0 Å². The Bertz CT molecular complexity index is 525.